The number of fused-ring (bicyclic) bond motifs is 1. The monoisotopic (exact) mass is 335 g/mol. The van der Waals surface area contributed by atoms with Gasteiger partial charge in [-0.15, -0.1) is 21.5 Å². The molecule has 1 aliphatic heterocycles. The van der Waals surface area contributed by atoms with Gasteiger partial charge in [-0.3, -0.25) is 4.90 Å². The molecule has 7 heteroatoms. The molecular formula is C16H25N5OS. The lowest BCUT2D eigenvalue weighted by Gasteiger charge is -2.18. The molecule has 0 atom stereocenters. The average Bonchev–Trinajstić information content (AvgIpc) is 3.12. The molecule has 0 amide bonds. The van der Waals surface area contributed by atoms with Crippen molar-refractivity contribution in [2.45, 2.75) is 26.1 Å². The number of hydrogen-bond donors (Lipinski definition) is 0. The van der Waals surface area contributed by atoms with E-state index in [1.807, 2.05) is 11.3 Å². The molecule has 6 nitrogen and oxygen atoms in total. The van der Waals surface area contributed by atoms with Gasteiger partial charge in [0.2, 0.25) is 0 Å². The van der Waals surface area contributed by atoms with Gasteiger partial charge in [0.05, 0.1) is 6.61 Å². The highest BCUT2D eigenvalue weighted by Gasteiger charge is 2.18. The largest absolute Gasteiger partial charge is 0.372 e. The molecule has 3 heterocycles. The Bertz CT molecular complexity index is 596. The fourth-order valence-electron chi connectivity index (χ4n) is 2.73. The van der Waals surface area contributed by atoms with E-state index in [0.29, 0.717) is 6.61 Å². The Morgan fingerprint density at radius 2 is 2.17 bits per heavy atom. The number of likely N-dealkylation sites (N-methyl/N-ethyl adjacent to an activating group) is 1. The second-order valence-corrected chi connectivity index (χ2v) is 7.18. The maximum atomic E-state index is 5.73. The van der Waals surface area contributed by atoms with Gasteiger partial charge in [0, 0.05) is 44.0 Å². The molecule has 0 bridgehead atoms. The van der Waals surface area contributed by atoms with Gasteiger partial charge in [0.1, 0.15) is 12.4 Å². The highest BCUT2D eigenvalue weighted by molar-refractivity contribution is 7.09. The van der Waals surface area contributed by atoms with Gasteiger partial charge in [-0.05, 0) is 25.5 Å². The second kappa shape index (κ2) is 8.01. The molecule has 0 saturated heterocycles. The number of thiophene rings is 1. The van der Waals surface area contributed by atoms with E-state index < -0.39 is 0 Å². The summed E-state index contributed by atoms with van der Waals surface area (Å²) < 4.78 is 7.97. The number of nitrogens with zero attached hydrogens (tertiary/aromatic N) is 5. The Morgan fingerprint density at radius 1 is 1.26 bits per heavy atom. The van der Waals surface area contributed by atoms with Crippen molar-refractivity contribution >= 4 is 11.3 Å². The lowest BCUT2D eigenvalue weighted by Crippen LogP contribution is -2.26. The van der Waals surface area contributed by atoms with Crippen LogP contribution in [0.1, 0.15) is 16.5 Å². The third-order valence-electron chi connectivity index (χ3n) is 4.07. The fraction of sp³-hybridized carbons (Fsp3) is 0.625. The van der Waals surface area contributed by atoms with Gasteiger partial charge < -0.3 is 14.2 Å². The zero-order valence-electron chi connectivity index (χ0n) is 13.9. The van der Waals surface area contributed by atoms with Crippen LogP contribution in [0.25, 0.3) is 0 Å². The summed E-state index contributed by atoms with van der Waals surface area (Å²) in [6.45, 7) is 6.25. The van der Waals surface area contributed by atoms with Gasteiger partial charge in [-0.25, -0.2) is 0 Å². The van der Waals surface area contributed by atoms with E-state index in [9.17, 15) is 0 Å². The van der Waals surface area contributed by atoms with E-state index in [4.69, 9.17) is 4.74 Å². The summed E-state index contributed by atoms with van der Waals surface area (Å²) in [6.07, 6.45) is 0.954. The van der Waals surface area contributed by atoms with E-state index in [0.717, 1.165) is 57.4 Å². The molecule has 0 spiro atoms. The molecule has 0 unspecified atom stereocenters. The van der Waals surface area contributed by atoms with Crippen molar-refractivity contribution in [2.75, 3.05) is 40.3 Å². The van der Waals surface area contributed by atoms with Crippen LogP contribution in [0.2, 0.25) is 0 Å². The van der Waals surface area contributed by atoms with Crippen LogP contribution in [-0.4, -0.2) is 64.9 Å². The van der Waals surface area contributed by atoms with Crippen molar-refractivity contribution in [3.05, 3.63) is 34.0 Å². The second-order valence-electron chi connectivity index (χ2n) is 6.15. The smallest absolute Gasteiger partial charge is 0.159 e. The maximum Gasteiger partial charge on any atom is 0.159 e. The van der Waals surface area contributed by atoms with Crippen molar-refractivity contribution < 1.29 is 4.74 Å². The molecule has 0 N–H and O–H groups in total. The fourth-order valence-corrected chi connectivity index (χ4v) is 3.47. The van der Waals surface area contributed by atoms with E-state index in [1.54, 1.807) is 0 Å². The van der Waals surface area contributed by atoms with Crippen molar-refractivity contribution in [1.82, 2.24) is 24.6 Å². The first-order valence-corrected chi connectivity index (χ1v) is 8.98. The van der Waals surface area contributed by atoms with E-state index in [2.05, 4.69) is 56.2 Å². The predicted octanol–water partition coefficient (Wildman–Crippen LogP) is 1.48. The van der Waals surface area contributed by atoms with Crippen LogP contribution in [0, 0.1) is 0 Å². The minimum atomic E-state index is 0.547. The first-order chi connectivity index (χ1) is 11.2. The minimum Gasteiger partial charge on any atom is -0.372 e. The zero-order valence-corrected chi connectivity index (χ0v) is 14.8. The van der Waals surface area contributed by atoms with Crippen LogP contribution in [0.15, 0.2) is 17.5 Å². The molecule has 0 saturated carbocycles. The SMILES string of the molecule is CN(C)CCOCc1nnc2n1CCN(Cc1cccs1)CC2. The average molecular weight is 335 g/mol. The van der Waals surface area contributed by atoms with Crippen LogP contribution < -0.4 is 0 Å². The number of hydrogen-bond acceptors (Lipinski definition) is 6. The zero-order chi connectivity index (χ0) is 16.1. The van der Waals surface area contributed by atoms with Crippen molar-refractivity contribution in [3.8, 4) is 0 Å². The van der Waals surface area contributed by atoms with E-state index in [1.165, 1.54) is 4.88 Å². The first kappa shape index (κ1) is 16.6. The lowest BCUT2D eigenvalue weighted by atomic mass is 10.3. The normalized spacial score (nSPS) is 15.8. The molecule has 126 valence electrons. The third-order valence-corrected chi connectivity index (χ3v) is 4.93. The summed E-state index contributed by atoms with van der Waals surface area (Å²) in [5.74, 6) is 2.04. The van der Waals surface area contributed by atoms with E-state index >= 15 is 0 Å². The number of ether oxygens (including phenoxy) is 1. The Hall–Kier alpha value is -1.28. The Balaban J connectivity index is 1.53. The highest BCUT2D eigenvalue weighted by Crippen LogP contribution is 2.15. The van der Waals surface area contributed by atoms with Crippen molar-refractivity contribution in [2.24, 2.45) is 0 Å². The van der Waals surface area contributed by atoms with Gasteiger partial charge in [0.15, 0.2) is 5.82 Å². The molecular weight excluding hydrogens is 310 g/mol. The van der Waals surface area contributed by atoms with Crippen LogP contribution in [-0.2, 0) is 30.9 Å². The first-order valence-electron chi connectivity index (χ1n) is 8.10. The molecule has 2 aromatic rings. The predicted molar refractivity (Wildman–Crippen MR) is 91.5 cm³/mol. The molecule has 3 rings (SSSR count). The van der Waals surface area contributed by atoms with Gasteiger partial charge in [-0.1, -0.05) is 6.07 Å². The lowest BCUT2D eigenvalue weighted by molar-refractivity contribution is 0.0978. The molecule has 0 fully saturated rings. The standard InChI is InChI=1S/C16H25N5OS/c1-19(2)9-10-22-13-16-18-17-15-5-6-20(7-8-21(15)16)12-14-4-3-11-23-14/h3-4,11H,5-10,12-13H2,1-2H3. The van der Waals surface area contributed by atoms with Gasteiger partial charge in [0.25, 0.3) is 0 Å². The Kier molecular flexibility index (Phi) is 5.77. The molecule has 0 radical (unpaired) electrons. The highest BCUT2D eigenvalue weighted by atomic mass is 32.1. The number of rotatable bonds is 7. The topological polar surface area (TPSA) is 46.4 Å². The molecule has 2 aromatic heterocycles. The van der Waals surface area contributed by atoms with Gasteiger partial charge >= 0.3 is 0 Å². The number of aromatic nitrogens is 3. The molecule has 1 aliphatic rings. The molecule has 0 aromatic carbocycles. The Morgan fingerprint density at radius 3 is 2.96 bits per heavy atom. The van der Waals surface area contributed by atoms with Crippen molar-refractivity contribution in [1.29, 1.82) is 0 Å². The summed E-state index contributed by atoms with van der Waals surface area (Å²) in [7, 11) is 4.10. The summed E-state index contributed by atoms with van der Waals surface area (Å²) in [5, 5.41) is 10.8. The summed E-state index contributed by atoms with van der Waals surface area (Å²) in [4.78, 5) is 6.04. The maximum absolute atomic E-state index is 5.73. The molecule has 0 aliphatic carbocycles. The molecule has 23 heavy (non-hydrogen) atoms. The summed E-state index contributed by atoms with van der Waals surface area (Å²) in [6, 6.07) is 4.33. The van der Waals surface area contributed by atoms with Crippen LogP contribution in [0.4, 0.5) is 0 Å². The van der Waals surface area contributed by atoms with Crippen LogP contribution in [0.3, 0.4) is 0 Å². The third kappa shape index (κ3) is 4.60. The quantitative estimate of drug-likeness (QED) is 0.717. The van der Waals surface area contributed by atoms with Crippen molar-refractivity contribution in [3.63, 3.8) is 0 Å². The summed E-state index contributed by atoms with van der Waals surface area (Å²) in [5.41, 5.74) is 0. The van der Waals surface area contributed by atoms with Gasteiger partial charge in [-0.2, -0.15) is 0 Å². The minimum absolute atomic E-state index is 0.547. The van der Waals surface area contributed by atoms with Crippen LogP contribution >= 0.6 is 11.3 Å². The van der Waals surface area contributed by atoms with E-state index in [-0.39, 0.29) is 0 Å². The Labute approximate surface area is 141 Å². The summed E-state index contributed by atoms with van der Waals surface area (Å²) >= 11 is 1.83. The van der Waals surface area contributed by atoms with Crippen LogP contribution in [0.5, 0.6) is 0 Å².